The lowest BCUT2D eigenvalue weighted by atomic mass is 9.80. The van der Waals surface area contributed by atoms with Crippen molar-refractivity contribution >= 4 is 39.3 Å². The van der Waals surface area contributed by atoms with Crippen molar-refractivity contribution in [3.05, 3.63) is 80.5 Å². The Balaban J connectivity index is 1.85. The summed E-state index contributed by atoms with van der Waals surface area (Å²) < 4.78 is 10.8. The van der Waals surface area contributed by atoms with Gasteiger partial charge >= 0.3 is 11.9 Å². The molecule has 4 rings (SSSR count). The Labute approximate surface area is 186 Å². The van der Waals surface area contributed by atoms with Crippen LogP contribution in [-0.4, -0.2) is 36.5 Å². The van der Waals surface area contributed by atoms with E-state index in [-0.39, 0.29) is 5.78 Å². The van der Waals surface area contributed by atoms with Crippen molar-refractivity contribution in [1.82, 2.24) is 5.32 Å². The van der Waals surface area contributed by atoms with E-state index >= 15 is 0 Å². The highest BCUT2D eigenvalue weighted by Crippen LogP contribution is 2.47. The Hall–Kier alpha value is -3.39. The number of rotatable bonds is 5. The van der Waals surface area contributed by atoms with Crippen molar-refractivity contribution in [1.29, 1.82) is 0 Å². The molecule has 1 atom stereocenters. The third kappa shape index (κ3) is 3.53. The van der Waals surface area contributed by atoms with Gasteiger partial charge in [-0.25, -0.2) is 9.59 Å². The molecule has 2 N–H and O–H groups in total. The summed E-state index contributed by atoms with van der Waals surface area (Å²) in [5, 5.41) is 12.1. The lowest BCUT2D eigenvalue weighted by Gasteiger charge is -2.29. The smallest absolute Gasteiger partial charge is 0.341 e. The third-order valence-corrected chi connectivity index (χ3v) is 5.91. The van der Waals surface area contributed by atoms with Gasteiger partial charge in [-0.1, -0.05) is 30.3 Å². The van der Waals surface area contributed by atoms with Crippen LogP contribution in [0.3, 0.4) is 0 Å². The number of allylic oxidation sites excluding steroid dienone is 2. The van der Waals surface area contributed by atoms with Crippen LogP contribution in [0.1, 0.15) is 34.3 Å². The second-order valence-corrected chi connectivity index (χ2v) is 7.98. The average Bonchev–Trinajstić information content (AvgIpc) is 3.03. The van der Waals surface area contributed by atoms with Crippen LogP contribution in [0.4, 0.5) is 0 Å². The Morgan fingerprint density at radius 3 is 2.52 bits per heavy atom. The van der Waals surface area contributed by atoms with E-state index in [1.807, 2.05) is 12.1 Å². The van der Waals surface area contributed by atoms with Crippen LogP contribution in [0.5, 0.6) is 5.75 Å². The fourth-order valence-electron chi connectivity index (χ4n) is 4.00. The van der Waals surface area contributed by atoms with Gasteiger partial charge in [0.1, 0.15) is 5.75 Å². The second kappa shape index (κ2) is 8.03. The summed E-state index contributed by atoms with van der Waals surface area (Å²) in [6, 6.07) is 12.4. The zero-order chi connectivity index (χ0) is 22.3. The first-order chi connectivity index (χ1) is 14.8. The molecule has 2 aromatic rings. The number of carbonyl (C=O) groups is 3. The van der Waals surface area contributed by atoms with E-state index in [4.69, 9.17) is 14.6 Å². The van der Waals surface area contributed by atoms with Gasteiger partial charge in [0, 0.05) is 28.3 Å². The topological polar surface area (TPSA) is 102 Å². The highest BCUT2D eigenvalue weighted by molar-refractivity contribution is 9.10. The number of carbonyl (C=O) groups excluding carboxylic acids is 2. The number of hydrogen-bond acceptors (Lipinski definition) is 6. The van der Waals surface area contributed by atoms with Gasteiger partial charge in [0.15, 0.2) is 12.4 Å². The van der Waals surface area contributed by atoms with Gasteiger partial charge < -0.3 is 19.9 Å². The number of fused-ring (bicyclic) bond motifs is 2. The molecule has 7 nitrogen and oxygen atoms in total. The minimum atomic E-state index is -1.09. The molecular weight excluding hydrogens is 466 g/mol. The Kier molecular flexibility index (Phi) is 5.41. The molecule has 1 aliphatic carbocycles. The molecule has 0 unspecified atom stereocenters. The molecule has 0 amide bonds. The summed E-state index contributed by atoms with van der Waals surface area (Å²) in [6.07, 6.45) is 0. The molecular formula is C23H18BrNO6. The average molecular weight is 484 g/mol. The van der Waals surface area contributed by atoms with Crippen LogP contribution >= 0.6 is 15.9 Å². The van der Waals surface area contributed by atoms with Crippen molar-refractivity contribution in [3.63, 3.8) is 0 Å². The molecule has 1 aliphatic heterocycles. The zero-order valence-corrected chi connectivity index (χ0v) is 18.3. The minimum absolute atomic E-state index is 0.153. The fraction of sp³-hybridized carbons (Fsp3) is 0.174. The minimum Gasteiger partial charge on any atom is -0.481 e. The number of carboxylic acids is 1. The lowest BCUT2D eigenvalue weighted by Crippen LogP contribution is -2.29. The predicted octanol–water partition coefficient (Wildman–Crippen LogP) is 3.65. The maximum absolute atomic E-state index is 13.3. The van der Waals surface area contributed by atoms with E-state index in [9.17, 15) is 14.4 Å². The second-order valence-electron chi connectivity index (χ2n) is 7.12. The summed E-state index contributed by atoms with van der Waals surface area (Å²) in [7, 11) is 1.30. The molecule has 0 saturated carbocycles. The SMILES string of the molecule is COC(=O)C1=C(C)NC2=C(C(=O)c3ccccc32)[C@@H]1c1ccc(OCC(=O)O)c(Br)c1. The number of hydrogen-bond donors (Lipinski definition) is 2. The number of methoxy groups -OCH3 is 1. The number of dihydropyridines is 1. The van der Waals surface area contributed by atoms with E-state index in [1.54, 1.807) is 37.3 Å². The quantitative estimate of drug-likeness (QED) is 0.625. The number of ether oxygens (including phenoxy) is 2. The van der Waals surface area contributed by atoms with Gasteiger partial charge in [-0.2, -0.15) is 0 Å². The van der Waals surface area contributed by atoms with Crippen LogP contribution in [0, 0.1) is 0 Å². The van der Waals surface area contributed by atoms with Crippen LogP contribution in [0.25, 0.3) is 5.70 Å². The first kappa shape index (κ1) is 20.9. The molecule has 0 fully saturated rings. The number of halogens is 1. The molecule has 0 aromatic heterocycles. The number of ketones is 1. The van der Waals surface area contributed by atoms with Gasteiger partial charge in [-0.3, -0.25) is 4.79 Å². The Morgan fingerprint density at radius 2 is 1.87 bits per heavy atom. The first-order valence-electron chi connectivity index (χ1n) is 9.42. The number of esters is 1. The molecule has 0 bridgehead atoms. The van der Waals surface area contributed by atoms with Gasteiger partial charge in [0.25, 0.3) is 0 Å². The summed E-state index contributed by atoms with van der Waals surface area (Å²) in [6.45, 7) is 1.29. The number of nitrogens with one attached hydrogen (secondary N) is 1. The lowest BCUT2D eigenvalue weighted by molar-refractivity contribution is -0.139. The van der Waals surface area contributed by atoms with Crippen molar-refractivity contribution in [2.75, 3.05) is 13.7 Å². The summed E-state index contributed by atoms with van der Waals surface area (Å²) in [5.41, 5.74) is 4.12. The standard InChI is InChI=1S/C23H18BrNO6/c1-11-18(23(29)30-2)19(12-7-8-16(15(24)9-12)31-10-17(26)27)20-21(25-11)13-5-3-4-6-14(13)22(20)28/h3-9,19,25H,10H2,1-2H3,(H,26,27)/t19-/m1/s1. The summed E-state index contributed by atoms with van der Waals surface area (Å²) in [5.74, 6) is -2.10. The Bertz CT molecular complexity index is 1200. The summed E-state index contributed by atoms with van der Waals surface area (Å²) in [4.78, 5) is 36.8. The molecule has 158 valence electrons. The fourth-order valence-corrected chi connectivity index (χ4v) is 4.51. The molecule has 0 radical (unpaired) electrons. The molecule has 2 aromatic carbocycles. The van der Waals surface area contributed by atoms with E-state index in [1.165, 1.54) is 7.11 Å². The van der Waals surface area contributed by atoms with Crippen molar-refractivity contribution in [3.8, 4) is 5.75 Å². The monoisotopic (exact) mass is 483 g/mol. The van der Waals surface area contributed by atoms with Gasteiger partial charge in [0.2, 0.25) is 0 Å². The number of aliphatic carboxylic acids is 1. The van der Waals surface area contributed by atoms with Crippen LogP contribution in [0.15, 0.2) is 63.8 Å². The number of benzene rings is 2. The normalized spacial score (nSPS) is 17.1. The maximum atomic E-state index is 13.3. The predicted molar refractivity (Wildman–Crippen MR) is 116 cm³/mol. The maximum Gasteiger partial charge on any atom is 0.341 e. The summed E-state index contributed by atoms with van der Waals surface area (Å²) >= 11 is 3.40. The number of Topliss-reactive ketones (excluding diaryl/α,β-unsaturated/α-hetero) is 1. The van der Waals surface area contributed by atoms with Crippen molar-refractivity contribution < 1.29 is 29.0 Å². The molecule has 2 aliphatic rings. The zero-order valence-electron chi connectivity index (χ0n) is 16.7. The third-order valence-electron chi connectivity index (χ3n) is 5.29. The molecule has 8 heteroatoms. The van der Waals surface area contributed by atoms with E-state index in [0.29, 0.717) is 43.9 Å². The van der Waals surface area contributed by atoms with Crippen LogP contribution in [0.2, 0.25) is 0 Å². The van der Waals surface area contributed by atoms with Gasteiger partial charge in [-0.05, 0) is 40.5 Å². The van der Waals surface area contributed by atoms with Crippen molar-refractivity contribution in [2.24, 2.45) is 0 Å². The van der Waals surface area contributed by atoms with Crippen LogP contribution in [-0.2, 0) is 14.3 Å². The number of carboxylic acid groups (broad SMARTS) is 1. The van der Waals surface area contributed by atoms with Crippen LogP contribution < -0.4 is 10.1 Å². The molecule has 31 heavy (non-hydrogen) atoms. The van der Waals surface area contributed by atoms with E-state index in [2.05, 4.69) is 21.2 Å². The highest BCUT2D eigenvalue weighted by Gasteiger charge is 2.42. The molecule has 1 heterocycles. The van der Waals surface area contributed by atoms with Gasteiger partial charge in [-0.15, -0.1) is 0 Å². The highest BCUT2D eigenvalue weighted by atomic mass is 79.9. The van der Waals surface area contributed by atoms with E-state index < -0.39 is 24.5 Å². The Morgan fingerprint density at radius 1 is 1.16 bits per heavy atom. The largest absolute Gasteiger partial charge is 0.481 e. The first-order valence-corrected chi connectivity index (χ1v) is 10.2. The van der Waals surface area contributed by atoms with Gasteiger partial charge in [0.05, 0.1) is 22.9 Å². The molecule has 0 saturated heterocycles. The van der Waals surface area contributed by atoms with Crippen molar-refractivity contribution in [2.45, 2.75) is 12.8 Å². The molecule has 0 spiro atoms. The van der Waals surface area contributed by atoms with E-state index in [0.717, 1.165) is 5.56 Å².